The molecule has 36 heavy (non-hydrogen) atoms. The molecule has 0 saturated carbocycles. The Morgan fingerprint density at radius 3 is 1.78 bits per heavy atom. The van der Waals surface area contributed by atoms with Crippen LogP contribution >= 0.6 is 0 Å². The molecular weight excluding hydrogens is 436 g/mol. The van der Waals surface area contributed by atoms with Gasteiger partial charge in [-0.3, -0.25) is 0 Å². The third-order valence-electron chi connectivity index (χ3n) is 6.56. The van der Waals surface area contributed by atoms with Crippen LogP contribution in [0, 0.1) is 0 Å². The fraction of sp³-hybridized carbons (Fsp3) is 0.118. The van der Waals surface area contributed by atoms with Gasteiger partial charge in [-0.05, 0) is 67.4 Å². The number of hydrogen-bond acceptors (Lipinski definition) is 2. The molecule has 5 aromatic carbocycles. The molecule has 1 unspecified atom stereocenters. The lowest BCUT2D eigenvalue weighted by Gasteiger charge is -2.28. The maximum absolute atomic E-state index is 4.02. The van der Waals surface area contributed by atoms with Crippen LogP contribution in [-0.4, -0.2) is 6.04 Å². The molecule has 0 amide bonds. The molecule has 5 rings (SSSR count). The normalized spacial score (nSPS) is 11.7. The first-order chi connectivity index (χ1) is 17.6. The van der Waals surface area contributed by atoms with Gasteiger partial charge in [0.05, 0.1) is 11.4 Å². The molecule has 0 spiro atoms. The van der Waals surface area contributed by atoms with Gasteiger partial charge in [-0.25, -0.2) is 0 Å². The summed E-state index contributed by atoms with van der Waals surface area (Å²) in [7, 11) is 0. The van der Waals surface area contributed by atoms with E-state index < -0.39 is 0 Å². The van der Waals surface area contributed by atoms with Crippen molar-refractivity contribution < 1.29 is 0 Å². The average Bonchev–Trinajstić information content (AvgIpc) is 2.92. The van der Waals surface area contributed by atoms with Crippen molar-refractivity contribution in [1.82, 2.24) is 0 Å². The van der Waals surface area contributed by atoms with E-state index in [4.69, 9.17) is 0 Å². The number of fused-ring (bicyclic) bond motifs is 2. The van der Waals surface area contributed by atoms with Gasteiger partial charge in [0.2, 0.25) is 0 Å². The highest BCUT2D eigenvalue weighted by Gasteiger charge is 2.17. The maximum atomic E-state index is 4.02. The van der Waals surface area contributed by atoms with Crippen molar-refractivity contribution in [1.29, 1.82) is 0 Å². The molecule has 0 aliphatic rings. The molecule has 0 aliphatic heterocycles. The predicted octanol–water partition coefficient (Wildman–Crippen LogP) is 9.79. The molecule has 0 radical (unpaired) electrons. The predicted molar refractivity (Wildman–Crippen MR) is 158 cm³/mol. The van der Waals surface area contributed by atoms with Crippen molar-refractivity contribution in [2.45, 2.75) is 26.3 Å². The van der Waals surface area contributed by atoms with E-state index in [-0.39, 0.29) is 6.04 Å². The van der Waals surface area contributed by atoms with Gasteiger partial charge >= 0.3 is 0 Å². The van der Waals surface area contributed by atoms with Crippen LogP contribution in [0.25, 0.3) is 21.5 Å². The minimum absolute atomic E-state index is 0.193. The minimum atomic E-state index is 0.193. The third-order valence-corrected chi connectivity index (χ3v) is 6.56. The summed E-state index contributed by atoms with van der Waals surface area (Å²) in [5, 5.41) is 8.52. The van der Waals surface area contributed by atoms with E-state index in [1.54, 1.807) is 0 Å². The Balaban J connectivity index is 1.60. The zero-order valence-electron chi connectivity index (χ0n) is 21.0. The average molecular weight is 469 g/mol. The number of rotatable bonds is 8. The van der Waals surface area contributed by atoms with E-state index in [1.165, 1.54) is 27.1 Å². The number of allylic oxidation sites excluding steroid dienone is 1. The number of hydrogen-bond donors (Lipinski definition) is 1. The van der Waals surface area contributed by atoms with Crippen molar-refractivity contribution in [2.24, 2.45) is 0 Å². The lowest BCUT2D eigenvalue weighted by atomic mass is 10.0. The summed E-state index contributed by atoms with van der Waals surface area (Å²) < 4.78 is 0. The molecule has 5 aromatic rings. The third kappa shape index (κ3) is 4.89. The molecule has 178 valence electrons. The minimum Gasteiger partial charge on any atom is -0.379 e. The number of benzene rings is 5. The van der Waals surface area contributed by atoms with E-state index in [2.05, 4.69) is 146 Å². The monoisotopic (exact) mass is 468 g/mol. The van der Waals surface area contributed by atoms with Crippen LogP contribution in [-0.2, 0) is 0 Å². The van der Waals surface area contributed by atoms with Crippen LogP contribution in [0.4, 0.5) is 22.7 Å². The Labute approximate surface area is 214 Å². The summed E-state index contributed by atoms with van der Waals surface area (Å²) in [6.45, 7) is 8.28. The Morgan fingerprint density at radius 2 is 1.25 bits per heavy atom. The molecule has 0 bridgehead atoms. The molecular formula is C34H32N2. The van der Waals surface area contributed by atoms with Crippen molar-refractivity contribution >= 4 is 44.3 Å². The largest absolute Gasteiger partial charge is 0.379 e. The number of nitrogens with zero attached hydrogens (tertiary/aromatic N) is 1. The van der Waals surface area contributed by atoms with E-state index in [1.807, 2.05) is 6.08 Å². The van der Waals surface area contributed by atoms with Gasteiger partial charge in [-0.2, -0.15) is 0 Å². The van der Waals surface area contributed by atoms with Gasteiger partial charge < -0.3 is 10.2 Å². The standard InChI is InChI=1S/C34H32N2/c1-4-28(20-19-25(2)3)35-29-21-23-30(24-22-29)36(33-17-9-13-26-11-5-7-15-31(26)33)34-18-10-14-27-12-6-8-16-32(27)34/h4-19,21-24,28,35H,1,20H2,2-3H3. The Hall–Kier alpha value is -4.30. The lowest BCUT2D eigenvalue weighted by Crippen LogP contribution is -2.16. The number of nitrogens with one attached hydrogen (secondary N) is 1. The van der Waals surface area contributed by atoms with Gasteiger partial charge in [0.15, 0.2) is 0 Å². The molecule has 2 nitrogen and oxygen atoms in total. The first-order valence-corrected chi connectivity index (χ1v) is 12.5. The highest BCUT2D eigenvalue weighted by Crippen LogP contribution is 2.42. The molecule has 2 heteroatoms. The van der Waals surface area contributed by atoms with E-state index in [0.717, 1.165) is 29.2 Å². The number of anilines is 4. The molecule has 0 fully saturated rings. The van der Waals surface area contributed by atoms with Crippen LogP contribution in [0.2, 0.25) is 0 Å². The van der Waals surface area contributed by atoms with Crippen molar-refractivity contribution in [3.8, 4) is 0 Å². The van der Waals surface area contributed by atoms with Crippen molar-refractivity contribution in [2.75, 3.05) is 10.2 Å². The van der Waals surface area contributed by atoms with Crippen LogP contribution in [0.5, 0.6) is 0 Å². The van der Waals surface area contributed by atoms with Gasteiger partial charge in [0.25, 0.3) is 0 Å². The van der Waals surface area contributed by atoms with Crippen molar-refractivity contribution in [3.05, 3.63) is 133 Å². The molecule has 1 N–H and O–H groups in total. The van der Waals surface area contributed by atoms with E-state index in [9.17, 15) is 0 Å². The van der Waals surface area contributed by atoms with Gasteiger partial charge in [0, 0.05) is 28.2 Å². The second kappa shape index (κ2) is 10.5. The summed E-state index contributed by atoms with van der Waals surface area (Å²) in [4.78, 5) is 2.38. The van der Waals surface area contributed by atoms with Gasteiger partial charge in [-0.15, -0.1) is 6.58 Å². The molecule has 1 atom stereocenters. The summed E-state index contributed by atoms with van der Waals surface area (Å²) in [5.74, 6) is 0. The molecule has 0 saturated heterocycles. The SMILES string of the molecule is C=CC(CC=C(C)C)Nc1ccc(N(c2cccc3ccccc23)c2cccc3ccccc23)cc1. The van der Waals surface area contributed by atoms with Crippen molar-refractivity contribution in [3.63, 3.8) is 0 Å². The Bertz CT molecular complexity index is 1430. The van der Waals surface area contributed by atoms with Crippen LogP contribution < -0.4 is 10.2 Å². The summed E-state index contributed by atoms with van der Waals surface area (Å²) in [6, 6.07) is 39.2. The molecule has 0 aromatic heterocycles. The second-order valence-corrected chi connectivity index (χ2v) is 9.38. The van der Waals surface area contributed by atoms with Gasteiger partial charge in [-0.1, -0.05) is 90.5 Å². The first-order valence-electron chi connectivity index (χ1n) is 12.5. The topological polar surface area (TPSA) is 15.3 Å². The zero-order chi connectivity index (χ0) is 24.9. The summed E-state index contributed by atoms with van der Waals surface area (Å²) in [6.07, 6.45) is 5.15. The van der Waals surface area contributed by atoms with Crippen LogP contribution in [0.1, 0.15) is 20.3 Å². The zero-order valence-corrected chi connectivity index (χ0v) is 21.0. The fourth-order valence-electron chi connectivity index (χ4n) is 4.71. The Morgan fingerprint density at radius 1 is 0.722 bits per heavy atom. The Kier molecular flexibility index (Phi) is 6.86. The van der Waals surface area contributed by atoms with E-state index in [0.29, 0.717) is 0 Å². The highest BCUT2D eigenvalue weighted by atomic mass is 15.1. The van der Waals surface area contributed by atoms with E-state index >= 15 is 0 Å². The van der Waals surface area contributed by atoms with Crippen LogP contribution in [0.15, 0.2) is 133 Å². The lowest BCUT2D eigenvalue weighted by molar-refractivity contribution is 0.888. The maximum Gasteiger partial charge on any atom is 0.0540 e. The highest BCUT2D eigenvalue weighted by molar-refractivity contribution is 6.04. The molecule has 0 aliphatic carbocycles. The summed E-state index contributed by atoms with van der Waals surface area (Å²) in [5.41, 5.74) is 5.85. The fourth-order valence-corrected chi connectivity index (χ4v) is 4.71. The van der Waals surface area contributed by atoms with Crippen LogP contribution in [0.3, 0.4) is 0 Å². The quantitative estimate of drug-likeness (QED) is 0.228. The van der Waals surface area contributed by atoms with Gasteiger partial charge in [0.1, 0.15) is 0 Å². The molecule has 0 heterocycles. The first kappa shape index (κ1) is 23.4. The second-order valence-electron chi connectivity index (χ2n) is 9.38. The summed E-state index contributed by atoms with van der Waals surface area (Å²) >= 11 is 0. The smallest absolute Gasteiger partial charge is 0.0540 e.